The summed E-state index contributed by atoms with van der Waals surface area (Å²) in [5.74, 6) is -0.989. The number of rotatable bonds is 7. The van der Waals surface area contributed by atoms with Gasteiger partial charge in [-0.05, 0) is 20.3 Å². The van der Waals surface area contributed by atoms with Crippen LogP contribution in [0.1, 0.15) is 46.5 Å². The first-order valence-electron chi connectivity index (χ1n) is 5.30. The molecular weight excluding hydrogens is 180 g/mol. The highest BCUT2D eigenvalue weighted by Gasteiger charge is 2.23. The van der Waals surface area contributed by atoms with Gasteiger partial charge in [0.2, 0.25) is 0 Å². The fraction of sp³-hybridized carbons (Fsp3) is 0.818. The van der Waals surface area contributed by atoms with Crippen LogP contribution in [0.5, 0.6) is 0 Å². The molecule has 0 rings (SSSR count). The number of Topliss-reactive ketones (excluding diaryl/α,β-unsaturated/α-hetero) is 1. The molecule has 3 heteroatoms. The minimum Gasteiger partial charge on any atom is -0.465 e. The Kier molecular flexibility index (Phi) is 7.07. The van der Waals surface area contributed by atoms with E-state index in [1.54, 1.807) is 6.92 Å². The molecule has 0 N–H and O–H groups in total. The number of ketones is 1. The molecule has 0 bridgehead atoms. The third-order valence-electron chi connectivity index (χ3n) is 2.16. The monoisotopic (exact) mass is 200 g/mol. The molecule has 0 fully saturated rings. The number of carbonyl (C=O) groups is 2. The van der Waals surface area contributed by atoms with Crippen molar-refractivity contribution in [3.8, 4) is 0 Å². The first-order chi connectivity index (χ1) is 6.63. The maximum absolute atomic E-state index is 11.3. The Balaban J connectivity index is 4.01. The second-order valence-corrected chi connectivity index (χ2v) is 3.41. The number of ether oxygens (including phenoxy) is 1. The largest absolute Gasteiger partial charge is 0.465 e. The van der Waals surface area contributed by atoms with Crippen molar-refractivity contribution < 1.29 is 14.3 Å². The molecule has 82 valence electrons. The van der Waals surface area contributed by atoms with E-state index in [1.165, 1.54) is 6.92 Å². The summed E-state index contributed by atoms with van der Waals surface area (Å²) in [5.41, 5.74) is 0. The average molecular weight is 200 g/mol. The van der Waals surface area contributed by atoms with Crippen LogP contribution >= 0.6 is 0 Å². The highest BCUT2D eigenvalue weighted by Crippen LogP contribution is 2.12. The van der Waals surface area contributed by atoms with E-state index in [-0.39, 0.29) is 11.8 Å². The van der Waals surface area contributed by atoms with Gasteiger partial charge in [-0.25, -0.2) is 0 Å². The van der Waals surface area contributed by atoms with E-state index in [2.05, 4.69) is 6.92 Å². The van der Waals surface area contributed by atoms with Crippen molar-refractivity contribution in [2.75, 3.05) is 6.61 Å². The molecule has 0 unspecified atom stereocenters. The van der Waals surface area contributed by atoms with Crippen molar-refractivity contribution >= 4 is 11.8 Å². The molecule has 0 spiro atoms. The molecule has 0 aliphatic heterocycles. The van der Waals surface area contributed by atoms with Crippen LogP contribution in [-0.4, -0.2) is 18.4 Å². The molecular formula is C11H20O3. The lowest BCUT2D eigenvalue weighted by molar-refractivity contribution is -0.151. The van der Waals surface area contributed by atoms with E-state index in [9.17, 15) is 9.59 Å². The van der Waals surface area contributed by atoms with Crippen molar-refractivity contribution in [1.29, 1.82) is 0 Å². The second kappa shape index (κ2) is 7.54. The second-order valence-electron chi connectivity index (χ2n) is 3.41. The zero-order chi connectivity index (χ0) is 11.0. The summed E-state index contributed by atoms with van der Waals surface area (Å²) in [6.07, 6.45) is 3.69. The van der Waals surface area contributed by atoms with E-state index in [1.807, 2.05) is 0 Å². The van der Waals surface area contributed by atoms with Crippen molar-refractivity contribution in [1.82, 2.24) is 0 Å². The lowest BCUT2D eigenvalue weighted by atomic mass is 9.98. The first kappa shape index (κ1) is 13.1. The molecule has 0 aromatic carbocycles. The van der Waals surface area contributed by atoms with Crippen LogP contribution in [0.4, 0.5) is 0 Å². The molecule has 14 heavy (non-hydrogen) atoms. The van der Waals surface area contributed by atoms with Crippen molar-refractivity contribution in [3.63, 3.8) is 0 Å². The van der Waals surface area contributed by atoms with Gasteiger partial charge in [0.05, 0.1) is 6.61 Å². The third-order valence-corrected chi connectivity index (χ3v) is 2.16. The summed E-state index contributed by atoms with van der Waals surface area (Å²) in [5, 5.41) is 0. The maximum atomic E-state index is 11.3. The van der Waals surface area contributed by atoms with Crippen molar-refractivity contribution in [2.45, 2.75) is 46.5 Å². The Morgan fingerprint density at radius 3 is 2.29 bits per heavy atom. The molecule has 0 aliphatic rings. The van der Waals surface area contributed by atoms with Crippen molar-refractivity contribution in [3.05, 3.63) is 0 Å². The number of unbranched alkanes of at least 4 members (excludes halogenated alkanes) is 2. The topological polar surface area (TPSA) is 43.4 Å². The minimum atomic E-state index is -0.540. The van der Waals surface area contributed by atoms with Gasteiger partial charge in [0.1, 0.15) is 11.7 Å². The Bertz CT molecular complexity index is 187. The summed E-state index contributed by atoms with van der Waals surface area (Å²) in [6, 6.07) is 0. The fourth-order valence-electron chi connectivity index (χ4n) is 1.33. The predicted molar refractivity (Wildman–Crippen MR) is 54.9 cm³/mol. The summed E-state index contributed by atoms with van der Waals surface area (Å²) >= 11 is 0. The summed E-state index contributed by atoms with van der Waals surface area (Å²) in [7, 11) is 0. The Hall–Kier alpha value is -0.860. The summed E-state index contributed by atoms with van der Waals surface area (Å²) < 4.78 is 4.84. The molecule has 0 radical (unpaired) electrons. The molecule has 3 nitrogen and oxygen atoms in total. The smallest absolute Gasteiger partial charge is 0.316 e. The van der Waals surface area contributed by atoms with Gasteiger partial charge in [0.25, 0.3) is 0 Å². The van der Waals surface area contributed by atoms with E-state index in [0.29, 0.717) is 13.0 Å². The fourth-order valence-corrected chi connectivity index (χ4v) is 1.33. The van der Waals surface area contributed by atoms with Crippen LogP contribution in [0.15, 0.2) is 0 Å². The number of hydrogen-bond donors (Lipinski definition) is 0. The van der Waals surface area contributed by atoms with Crippen LogP contribution in [0.25, 0.3) is 0 Å². The van der Waals surface area contributed by atoms with Gasteiger partial charge in [-0.3, -0.25) is 9.59 Å². The zero-order valence-electron chi connectivity index (χ0n) is 9.34. The predicted octanol–water partition coefficient (Wildman–Crippen LogP) is 2.33. The summed E-state index contributed by atoms with van der Waals surface area (Å²) in [4.78, 5) is 22.5. The number of hydrogen-bond acceptors (Lipinski definition) is 3. The Morgan fingerprint density at radius 2 is 1.86 bits per heavy atom. The Morgan fingerprint density at radius 1 is 1.21 bits per heavy atom. The van der Waals surface area contributed by atoms with Gasteiger partial charge in [-0.15, -0.1) is 0 Å². The average Bonchev–Trinajstić information content (AvgIpc) is 2.12. The van der Waals surface area contributed by atoms with Crippen LogP contribution in [0.3, 0.4) is 0 Å². The van der Waals surface area contributed by atoms with Gasteiger partial charge < -0.3 is 4.74 Å². The SMILES string of the molecule is CCCCC[C@@H](C(C)=O)C(=O)OCC. The standard InChI is InChI=1S/C11H20O3/c1-4-6-7-8-10(9(3)12)11(13)14-5-2/h10H,4-8H2,1-3H3/t10-/m0/s1. The van der Waals surface area contributed by atoms with Gasteiger partial charge in [0, 0.05) is 0 Å². The molecule has 0 aliphatic carbocycles. The van der Waals surface area contributed by atoms with Crippen LogP contribution in [0.2, 0.25) is 0 Å². The Labute approximate surface area is 85.8 Å². The number of carbonyl (C=O) groups excluding carboxylic acids is 2. The highest BCUT2D eigenvalue weighted by molar-refractivity contribution is 5.97. The lowest BCUT2D eigenvalue weighted by Gasteiger charge is -2.11. The molecule has 0 amide bonds. The quantitative estimate of drug-likeness (QED) is 0.360. The normalized spacial score (nSPS) is 12.2. The summed E-state index contributed by atoms with van der Waals surface area (Å²) in [6.45, 7) is 5.64. The van der Waals surface area contributed by atoms with Gasteiger partial charge in [0.15, 0.2) is 0 Å². The van der Waals surface area contributed by atoms with Crippen LogP contribution in [0, 0.1) is 5.92 Å². The first-order valence-corrected chi connectivity index (χ1v) is 5.30. The molecule has 0 heterocycles. The molecule has 0 saturated carbocycles. The molecule has 0 aromatic heterocycles. The zero-order valence-corrected chi connectivity index (χ0v) is 9.34. The number of esters is 1. The molecule has 0 aromatic rings. The van der Waals surface area contributed by atoms with Gasteiger partial charge in [-0.1, -0.05) is 26.2 Å². The van der Waals surface area contributed by atoms with E-state index in [4.69, 9.17) is 4.74 Å². The van der Waals surface area contributed by atoms with Crippen molar-refractivity contribution in [2.24, 2.45) is 5.92 Å². The van der Waals surface area contributed by atoms with E-state index < -0.39 is 5.92 Å². The van der Waals surface area contributed by atoms with E-state index >= 15 is 0 Å². The molecule has 1 atom stereocenters. The third kappa shape index (κ3) is 5.00. The van der Waals surface area contributed by atoms with Crippen LogP contribution in [-0.2, 0) is 14.3 Å². The minimum absolute atomic E-state index is 0.0837. The van der Waals surface area contributed by atoms with Gasteiger partial charge >= 0.3 is 5.97 Å². The van der Waals surface area contributed by atoms with Crippen LogP contribution < -0.4 is 0 Å². The van der Waals surface area contributed by atoms with Gasteiger partial charge in [-0.2, -0.15) is 0 Å². The molecule has 0 saturated heterocycles. The van der Waals surface area contributed by atoms with E-state index in [0.717, 1.165) is 19.3 Å². The lowest BCUT2D eigenvalue weighted by Crippen LogP contribution is -2.24. The maximum Gasteiger partial charge on any atom is 0.316 e. The highest BCUT2D eigenvalue weighted by atomic mass is 16.5.